The van der Waals surface area contributed by atoms with Crippen LogP contribution in [0.1, 0.15) is 78.1 Å². The average molecular weight is 691 g/mol. The third-order valence-electron chi connectivity index (χ3n) is 9.03. The number of amides is 2. The van der Waals surface area contributed by atoms with Crippen LogP contribution >= 0.6 is 0 Å². The summed E-state index contributed by atoms with van der Waals surface area (Å²) in [5.41, 5.74) is 6.81. The van der Waals surface area contributed by atoms with Crippen molar-refractivity contribution in [1.29, 1.82) is 0 Å². The first-order chi connectivity index (χ1) is 23.8. The number of fused-ring (bicyclic) bond motifs is 2. The molecular weight excluding hydrogens is 649 g/mol. The lowest BCUT2D eigenvalue weighted by molar-refractivity contribution is -0.118. The molecule has 2 amide bonds. The Hall–Kier alpha value is -4.99. The van der Waals surface area contributed by atoms with Gasteiger partial charge in [0.25, 0.3) is 16.0 Å². The molecule has 0 bridgehead atoms. The number of allylic oxidation sites excluding steroid dienone is 1. The summed E-state index contributed by atoms with van der Waals surface area (Å²) in [5.74, 6) is -0.980. The molecule has 0 spiro atoms. The maximum Gasteiger partial charge on any atom is 0.266 e. The first-order valence-electron chi connectivity index (χ1n) is 16.9. The van der Waals surface area contributed by atoms with Gasteiger partial charge < -0.3 is 15.1 Å². The van der Waals surface area contributed by atoms with Crippen molar-refractivity contribution in [3.8, 4) is 11.3 Å². The number of aryl methyl sites for hydroxylation is 1. The van der Waals surface area contributed by atoms with Crippen molar-refractivity contribution in [2.75, 3.05) is 17.6 Å². The minimum absolute atomic E-state index is 0.0408. The summed E-state index contributed by atoms with van der Waals surface area (Å²) in [7, 11) is -4.18. The van der Waals surface area contributed by atoms with Crippen molar-refractivity contribution < 1.29 is 27.0 Å². The van der Waals surface area contributed by atoms with E-state index in [2.05, 4.69) is 43.6 Å². The van der Waals surface area contributed by atoms with E-state index in [0.29, 0.717) is 11.3 Å². The van der Waals surface area contributed by atoms with Crippen LogP contribution in [0.3, 0.4) is 0 Å². The molecule has 1 heterocycles. The lowest BCUT2D eigenvalue weighted by Crippen LogP contribution is -2.30. The number of rotatable bonds is 10. The number of hydrogen-bond donors (Lipinski definition) is 3. The highest BCUT2D eigenvalue weighted by atomic mass is 32.2. The van der Waals surface area contributed by atoms with Gasteiger partial charge in [0.15, 0.2) is 0 Å². The number of benzene rings is 4. The SMILES string of the molecule is CC(C)(C)/C=C/c1ccc(C(C(=O)Nc2ccc(-c3cc4ccccc4o3)cc2)C2CCCc3cc(C(=O)NCCS(=O)(=O)O)ccc32)cc1. The Morgan fingerprint density at radius 3 is 2.40 bits per heavy atom. The fraction of sp³-hybridized carbons (Fsp3) is 0.268. The fourth-order valence-corrected chi connectivity index (χ4v) is 6.88. The van der Waals surface area contributed by atoms with Gasteiger partial charge in [-0.3, -0.25) is 14.1 Å². The van der Waals surface area contributed by atoms with Gasteiger partial charge in [-0.1, -0.05) is 81.5 Å². The van der Waals surface area contributed by atoms with E-state index in [9.17, 15) is 18.0 Å². The molecule has 50 heavy (non-hydrogen) atoms. The molecule has 1 aliphatic rings. The lowest BCUT2D eigenvalue weighted by atomic mass is 9.72. The molecule has 5 aromatic rings. The molecule has 0 fully saturated rings. The van der Waals surface area contributed by atoms with Crippen LogP contribution in [0.4, 0.5) is 5.69 Å². The summed E-state index contributed by atoms with van der Waals surface area (Å²) in [4.78, 5) is 27.1. The summed E-state index contributed by atoms with van der Waals surface area (Å²) in [6, 6.07) is 31.1. The first-order valence-corrected chi connectivity index (χ1v) is 18.5. The van der Waals surface area contributed by atoms with Crippen LogP contribution in [0.5, 0.6) is 0 Å². The Bertz CT molecular complexity index is 2110. The molecule has 0 radical (unpaired) electrons. The minimum atomic E-state index is -4.18. The van der Waals surface area contributed by atoms with Crippen LogP contribution < -0.4 is 10.6 Å². The maximum absolute atomic E-state index is 14.3. The molecule has 9 heteroatoms. The number of carbonyl (C=O) groups is 2. The van der Waals surface area contributed by atoms with Gasteiger partial charge in [0.1, 0.15) is 11.3 Å². The van der Waals surface area contributed by atoms with Crippen molar-refractivity contribution in [2.45, 2.75) is 51.9 Å². The van der Waals surface area contributed by atoms with Gasteiger partial charge in [-0.05, 0) is 101 Å². The molecule has 2 atom stereocenters. The van der Waals surface area contributed by atoms with Gasteiger partial charge in [0.05, 0.1) is 11.7 Å². The Balaban J connectivity index is 1.27. The van der Waals surface area contributed by atoms with Gasteiger partial charge >= 0.3 is 0 Å². The van der Waals surface area contributed by atoms with Crippen molar-refractivity contribution >= 4 is 44.7 Å². The third-order valence-corrected chi connectivity index (χ3v) is 9.75. The van der Waals surface area contributed by atoms with E-state index in [4.69, 9.17) is 8.97 Å². The van der Waals surface area contributed by atoms with Crippen molar-refractivity contribution in [3.05, 3.63) is 131 Å². The Labute approximate surface area is 293 Å². The van der Waals surface area contributed by atoms with Crippen LogP contribution in [0.25, 0.3) is 28.4 Å². The normalized spacial score (nSPS) is 15.5. The highest BCUT2D eigenvalue weighted by Gasteiger charge is 2.34. The molecule has 0 saturated heterocycles. The van der Waals surface area contributed by atoms with Crippen molar-refractivity contribution in [1.82, 2.24) is 5.32 Å². The number of furan rings is 1. The van der Waals surface area contributed by atoms with Gasteiger partial charge in [-0.2, -0.15) is 8.42 Å². The zero-order valence-electron chi connectivity index (χ0n) is 28.5. The van der Waals surface area contributed by atoms with Gasteiger partial charge in [-0.15, -0.1) is 0 Å². The van der Waals surface area contributed by atoms with Crippen LogP contribution in [-0.2, 0) is 21.3 Å². The molecular formula is C41H42N2O6S. The van der Waals surface area contributed by atoms with E-state index in [-0.39, 0.29) is 23.8 Å². The predicted molar refractivity (Wildman–Crippen MR) is 199 cm³/mol. The lowest BCUT2D eigenvalue weighted by Gasteiger charge is -2.32. The summed E-state index contributed by atoms with van der Waals surface area (Å²) in [6.45, 7) is 6.25. The number of nitrogens with one attached hydrogen (secondary N) is 2. The summed E-state index contributed by atoms with van der Waals surface area (Å²) >= 11 is 0. The largest absolute Gasteiger partial charge is 0.456 e. The molecule has 0 saturated carbocycles. The van der Waals surface area contributed by atoms with Gasteiger partial charge in [-0.25, -0.2) is 0 Å². The Kier molecular flexibility index (Phi) is 10.1. The van der Waals surface area contributed by atoms with E-state index in [1.807, 2.05) is 91.0 Å². The maximum atomic E-state index is 14.3. The van der Waals surface area contributed by atoms with E-state index >= 15 is 0 Å². The molecule has 2 unspecified atom stereocenters. The molecule has 1 aliphatic carbocycles. The second kappa shape index (κ2) is 14.5. The fourth-order valence-electron chi connectivity index (χ4n) is 6.52. The molecule has 3 N–H and O–H groups in total. The molecule has 8 nitrogen and oxygen atoms in total. The minimum Gasteiger partial charge on any atom is -0.456 e. The zero-order valence-corrected chi connectivity index (χ0v) is 29.3. The topological polar surface area (TPSA) is 126 Å². The van der Waals surface area contributed by atoms with Crippen LogP contribution in [-0.4, -0.2) is 37.1 Å². The van der Waals surface area contributed by atoms with E-state index in [1.165, 1.54) is 0 Å². The highest BCUT2D eigenvalue weighted by Crippen LogP contribution is 2.43. The van der Waals surface area contributed by atoms with Crippen LogP contribution in [0.15, 0.2) is 108 Å². The predicted octanol–water partition coefficient (Wildman–Crippen LogP) is 8.62. The van der Waals surface area contributed by atoms with Crippen molar-refractivity contribution in [2.24, 2.45) is 5.41 Å². The number of para-hydroxylation sites is 1. The van der Waals surface area contributed by atoms with Crippen molar-refractivity contribution in [3.63, 3.8) is 0 Å². The highest BCUT2D eigenvalue weighted by molar-refractivity contribution is 7.85. The summed E-state index contributed by atoms with van der Waals surface area (Å²) in [5, 5.41) is 6.77. The summed E-state index contributed by atoms with van der Waals surface area (Å²) in [6.07, 6.45) is 6.65. The quantitative estimate of drug-likeness (QED) is 0.126. The molecule has 6 rings (SSSR count). The van der Waals surface area contributed by atoms with Crippen LogP contribution in [0, 0.1) is 5.41 Å². The number of carbonyl (C=O) groups excluding carboxylic acids is 2. The van der Waals surface area contributed by atoms with Gasteiger partial charge in [0.2, 0.25) is 5.91 Å². The summed E-state index contributed by atoms with van der Waals surface area (Å²) < 4.78 is 37.2. The van der Waals surface area contributed by atoms with E-state index in [1.54, 1.807) is 6.07 Å². The molecule has 1 aromatic heterocycles. The monoisotopic (exact) mass is 690 g/mol. The first kappa shape index (κ1) is 34.9. The molecule has 4 aromatic carbocycles. The van der Waals surface area contributed by atoms with E-state index in [0.717, 1.165) is 63.8 Å². The zero-order chi connectivity index (χ0) is 35.5. The number of anilines is 1. The van der Waals surface area contributed by atoms with Gasteiger partial charge in [0, 0.05) is 28.7 Å². The van der Waals surface area contributed by atoms with E-state index < -0.39 is 27.7 Å². The number of hydrogen-bond acceptors (Lipinski definition) is 5. The second-order valence-corrected chi connectivity index (χ2v) is 15.6. The smallest absolute Gasteiger partial charge is 0.266 e. The second-order valence-electron chi connectivity index (χ2n) is 14.0. The average Bonchev–Trinajstić information content (AvgIpc) is 3.52. The molecule has 0 aliphatic heterocycles. The Morgan fingerprint density at radius 2 is 1.70 bits per heavy atom. The standard InChI is InChI=1S/C41H42N2O6S/c1-41(2,3)22-21-27-11-13-29(14-12-27)38(35-9-6-8-30-25-32(17-20-34(30)35)39(44)42-23-24-50(46,47)48)40(45)43-33-18-15-28(16-19-33)37-26-31-7-4-5-10-36(31)49-37/h4-5,7,10-22,25-26,35,38H,6,8-9,23-24H2,1-3H3,(H,42,44)(H,43,45)(H,46,47,48)/b22-21+. The third kappa shape index (κ3) is 8.59. The Morgan fingerprint density at radius 1 is 0.960 bits per heavy atom. The van der Waals surface area contributed by atoms with Crippen LogP contribution in [0.2, 0.25) is 0 Å². The molecule has 258 valence electrons.